The molecule has 2 heterocycles. The highest BCUT2D eigenvalue weighted by atomic mass is 32.1. The van der Waals surface area contributed by atoms with Crippen molar-refractivity contribution in [2.24, 2.45) is 0 Å². The normalized spacial score (nSPS) is 16.4. The highest BCUT2D eigenvalue weighted by Gasteiger charge is 2.33. The lowest BCUT2D eigenvalue weighted by molar-refractivity contribution is -0.130. The molecule has 1 fully saturated rings. The summed E-state index contributed by atoms with van der Waals surface area (Å²) in [7, 11) is 0. The average Bonchev–Trinajstić information content (AvgIpc) is 3.33. The lowest BCUT2D eigenvalue weighted by Gasteiger charge is -2.39. The molecular formula is C23H21N3O3S. The van der Waals surface area contributed by atoms with E-state index in [2.05, 4.69) is 4.98 Å². The lowest BCUT2D eigenvalue weighted by atomic mass is 10.0. The van der Waals surface area contributed by atoms with Crippen molar-refractivity contribution in [3.05, 3.63) is 76.6 Å². The molecule has 0 unspecified atom stereocenters. The van der Waals surface area contributed by atoms with E-state index in [9.17, 15) is 14.4 Å². The molecule has 2 amide bonds. The standard InChI is InChI=1S/C23H21N3O3S/c1-16-13-25(22(28)19-5-3-2-4-6-19)11-12-26(16)23(29)21(27)18-9-7-17(8-10-18)20-14-30-15-24-20/h2-10,14-16H,11-13H2,1H3/t16-/m1/s1. The lowest BCUT2D eigenvalue weighted by Crippen LogP contribution is -2.56. The molecule has 1 saturated heterocycles. The van der Waals surface area contributed by atoms with Crippen molar-refractivity contribution in [1.82, 2.24) is 14.8 Å². The van der Waals surface area contributed by atoms with Gasteiger partial charge in [-0.2, -0.15) is 0 Å². The maximum absolute atomic E-state index is 12.8. The van der Waals surface area contributed by atoms with Gasteiger partial charge in [-0.25, -0.2) is 4.98 Å². The number of carbonyl (C=O) groups excluding carboxylic acids is 3. The zero-order chi connectivity index (χ0) is 21.1. The van der Waals surface area contributed by atoms with Gasteiger partial charge in [-0.05, 0) is 19.1 Å². The number of carbonyl (C=O) groups is 3. The van der Waals surface area contributed by atoms with E-state index < -0.39 is 11.7 Å². The molecule has 0 bridgehead atoms. The van der Waals surface area contributed by atoms with Crippen molar-refractivity contribution in [2.75, 3.05) is 19.6 Å². The fourth-order valence-corrected chi connectivity index (χ4v) is 4.17. The Morgan fingerprint density at radius 1 is 0.967 bits per heavy atom. The highest BCUT2D eigenvalue weighted by molar-refractivity contribution is 7.07. The predicted octanol–water partition coefficient (Wildman–Crippen LogP) is 3.37. The molecule has 4 rings (SSSR count). The third-order valence-corrected chi connectivity index (χ3v) is 5.85. The first kappa shape index (κ1) is 20.0. The molecule has 1 atom stereocenters. The van der Waals surface area contributed by atoms with Crippen LogP contribution in [0.2, 0.25) is 0 Å². The molecule has 1 aliphatic heterocycles. The van der Waals surface area contributed by atoms with Crippen LogP contribution >= 0.6 is 11.3 Å². The molecule has 2 aromatic carbocycles. The Morgan fingerprint density at radius 3 is 2.33 bits per heavy atom. The Kier molecular flexibility index (Phi) is 5.72. The SMILES string of the molecule is C[C@@H]1CN(C(=O)c2ccccc2)CCN1C(=O)C(=O)c1ccc(-c2cscn2)cc1. The van der Waals surface area contributed by atoms with E-state index in [0.29, 0.717) is 30.8 Å². The van der Waals surface area contributed by atoms with Gasteiger partial charge in [0.05, 0.1) is 11.2 Å². The van der Waals surface area contributed by atoms with Gasteiger partial charge < -0.3 is 9.80 Å². The van der Waals surface area contributed by atoms with Gasteiger partial charge in [0.2, 0.25) is 5.78 Å². The Balaban J connectivity index is 1.41. The number of nitrogens with zero attached hydrogens (tertiary/aromatic N) is 3. The number of piperazine rings is 1. The maximum atomic E-state index is 12.8. The van der Waals surface area contributed by atoms with Gasteiger partial charge in [0, 0.05) is 47.7 Å². The molecule has 6 nitrogen and oxygen atoms in total. The van der Waals surface area contributed by atoms with Crippen LogP contribution < -0.4 is 0 Å². The summed E-state index contributed by atoms with van der Waals surface area (Å²) in [5.74, 6) is -1.12. The van der Waals surface area contributed by atoms with E-state index >= 15 is 0 Å². The molecule has 0 saturated carbocycles. The first-order valence-corrected chi connectivity index (χ1v) is 10.7. The van der Waals surface area contributed by atoms with Gasteiger partial charge >= 0.3 is 0 Å². The van der Waals surface area contributed by atoms with Crippen molar-refractivity contribution >= 4 is 28.9 Å². The first-order chi connectivity index (χ1) is 14.5. The van der Waals surface area contributed by atoms with Crippen molar-refractivity contribution in [3.63, 3.8) is 0 Å². The number of benzene rings is 2. The second kappa shape index (κ2) is 8.59. The Hall–Kier alpha value is -3.32. The van der Waals surface area contributed by atoms with Crippen LogP contribution in [0.3, 0.4) is 0 Å². The summed E-state index contributed by atoms with van der Waals surface area (Å²) in [5.41, 5.74) is 4.48. The number of rotatable bonds is 4. The van der Waals surface area contributed by atoms with E-state index in [0.717, 1.165) is 11.3 Å². The van der Waals surface area contributed by atoms with Crippen LogP contribution in [0.5, 0.6) is 0 Å². The van der Waals surface area contributed by atoms with Gasteiger partial charge in [0.1, 0.15) is 0 Å². The minimum Gasteiger partial charge on any atom is -0.335 e. The number of hydrogen-bond acceptors (Lipinski definition) is 5. The van der Waals surface area contributed by atoms with Crippen LogP contribution in [-0.2, 0) is 4.79 Å². The van der Waals surface area contributed by atoms with Crippen LogP contribution in [-0.4, -0.2) is 58.1 Å². The fraction of sp³-hybridized carbons (Fsp3) is 0.217. The molecule has 0 N–H and O–H groups in total. The quantitative estimate of drug-likeness (QED) is 0.480. The molecule has 0 spiro atoms. The number of ketones is 1. The van der Waals surface area contributed by atoms with Crippen molar-refractivity contribution in [2.45, 2.75) is 13.0 Å². The Bertz CT molecular complexity index is 1050. The summed E-state index contributed by atoms with van der Waals surface area (Å²) in [6.45, 7) is 3.00. The smallest absolute Gasteiger partial charge is 0.295 e. The second-order valence-corrected chi connectivity index (χ2v) is 7.96. The van der Waals surface area contributed by atoms with E-state index in [1.807, 2.05) is 30.5 Å². The molecule has 30 heavy (non-hydrogen) atoms. The number of hydrogen-bond donors (Lipinski definition) is 0. The average molecular weight is 420 g/mol. The van der Waals surface area contributed by atoms with Gasteiger partial charge in [0.25, 0.3) is 11.8 Å². The predicted molar refractivity (Wildman–Crippen MR) is 115 cm³/mol. The molecule has 3 aromatic rings. The Morgan fingerprint density at radius 2 is 1.70 bits per heavy atom. The van der Waals surface area contributed by atoms with E-state index in [-0.39, 0.29) is 11.9 Å². The van der Waals surface area contributed by atoms with Crippen LogP contribution in [0.25, 0.3) is 11.3 Å². The van der Waals surface area contributed by atoms with E-state index in [1.165, 1.54) is 11.3 Å². The summed E-state index contributed by atoms with van der Waals surface area (Å²) < 4.78 is 0. The third kappa shape index (κ3) is 4.02. The topological polar surface area (TPSA) is 70.6 Å². The van der Waals surface area contributed by atoms with E-state index in [4.69, 9.17) is 0 Å². The summed E-state index contributed by atoms with van der Waals surface area (Å²) in [4.78, 5) is 45.8. The second-order valence-electron chi connectivity index (χ2n) is 7.24. The molecule has 1 aliphatic rings. The fourth-order valence-electron chi connectivity index (χ4n) is 3.61. The molecule has 7 heteroatoms. The summed E-state index contributed by atoms with van der Waals surface area (Å²) >= 11 is 1.50. The minimum absolute atomic E-state index is 0.0569. The van der Waals surface area contributed by atoms with Crippen LogP contribution in [0, 0.1) is 0 Å². The Labute approximate surface area is 178 Å². The number of Topliss-reactive ketones (excluding diaryl/α,β-unsaturated/α-hetero) is 1. The molecule has 1 aromatic heterocycles. The van der Waals surface area contributed by atoms with Crippen LogP contribution in [0.15, 0.2) is 65.5 Å². The zero-order valence-corrected chi connectivity index (χ0v) is 17.3. The van der Waals surface area contributed by atoms with Crippen LogP contribution in [0.1, 0.15) is 27.6 Å². The zero-order valence-electron chi connectivity index (χ0n) is 16.5. The number of thiazole rings is 1. The van der Waals surface area contributed by atoms with Gasteiger partial charge in [0.15, 0.2) is 0 Å². The third-order valence-electron chi connectivity index (χ3n) is 5.27. The summed E-state index contributed by atoms with van der Waals surface area (Å²) in [6, 6.07) is 15.8. The van der Waals surface area contributed by atoms with Crippen molar-refractivity contribution in [1.29, 1.82) is 0 Å². The van der Waals surface area contributed by atoms with E-state index in [1.54, 1.807) is 51.7 Å². The largest absolute Gasteiger partial charge is 0.335 e. The number of aromatic nitrogens is 1. The first-order valence-electron chi connectivity index (χ1n) is 9.73. The molecule has 152 valence electrons. The van der Waals surface area contributed by atoms with Crippen molar-refractivity contribution < 1.29 is 14.4 Å². The summed E-state index contributed by atoms with van der Waals surface area (Å²) in [6.07, 6.45) is 0. The monoisotopic (exact) mass is 419 g/mol. The molecule has 0 aliphatic carbocycles. The van der Waals surface area contributed by atoms with Gasteiger partial charge in [-0.1, -0.05) is 42.5 Å². The maximum Gasteiger partial charge on any atom is 0.295 e. The summed E-state index contributed by atoms with van der Waals surface area (Å²) in [5, 5.41) is 1.93. The van der Waals surface area contributed by atoms with Crippen molar-refractivity contribution in [3.8, 4) is 11.3 Å². The molecule has 0 radical (unpaired) electrons. The number of amides is 2. The van der Waals surface area contributed by atoms with Crippen LogP contribution in [0.4, 0.5) is 0 Å². The minimum atomic E-state index is -0.533. The van der Waals surface area contributed by atoms with Gasteiger partial charge in [-0.3, -0.25) is 14.4 Å². The molecular weight excluding hydrogens is 398 g/mol. The van der Waals surface area contributed by atoms with Gasteiger partial charge in [-0.15, -0.1) is 11.3 Å². The highest BCUT2D eigenvalue weighted by Crippen LogP contribution is 2.20.